The number of hydrogen-bond acceptors (Lipinski definition) is 4. The van der Waals surface area contributed by atoms with Crippen LogP contribution in [-0.4, -0.2) is 27.6 Å². The smallest absolute Gasteiger partial charge is 0.244 e. The van der Waals surface area contributed by atoms with Gasteiger partial charge in [0.15, 0.2) is 0 Å². The number of anilines is 1. The summed E-state index contributed by atoms with van der Waals surface area (Å²) in [5.74, 6) is 6.29. The molecule has 23 heavy (non-hydrogen) atoms. The van der Waals surface area contributed by atoms with Gasteiger partial charge in [0.25, 0.3) is 0 Å². The molecule has 5 heteroatoms. The Hall–Kier alpha value is -2.87. The zero-order valence-corrected chi connectivity index (χ0v) is 12.5. The molecule has 1 aromatic heterocycles. The third kappa shape index (κ3) is 2.76. The molecule has 1 fully saturated rings. The van der Waals surface area contributed by atoms with Gasteiger partial charge < -0.3 is 0 Å². The maximum absolute atomic E-state index is 13.1. The number of hydrogen-bond donors (Lipinski definition) is 0. The topological polar surface area (TPSA) is 32.3 Å². The second-order valence-corrected chi connectivity index (χ2v) is 5.60. The second kappa shape index (κ2) is 5.73. The van der Waals surface area contributed by atoms with Gasteiger partial charge in [0, 0.05) is 30.7 Å². The maximum Gasteiger partial charge on any atom is 0.244 e. The molecule has 0 radical (unpaired) electrons. The van der Waals surface area contributed by atoms with E-state index in [9.17, 15) is 4.39 Å². The minimum absolute atomic E-state index is 0.286. The molecule has 0 saturated carbocycles. The molecule has 114 valence electrons. The van der Waals surface area contributed by atoms with Crippen LogP contribution >= 0.6 is 0 Å². The Labute approximate surface area is 134 Å². The van der Waals surface area contributed by atoms with Gasteiger partial charge in [0.1, 0.15) is 5.82 Å². The van der Waals surface area contributed by atoms with E-state index in [-0.39, 0.29) is 5.82 Å². The molecule has 4 nitrogen and oxygen atoms in total. The third-order valence-corrected chi connectivity index (χ3v) is 4.04. The number of aromatic nitrogens is 2. The van der Waals surface area contributed by atoms with Crippen LogP contribution in [0.2, 0.25) is 0 Å². The first-order valence-electron chi connectivity index (χ1n) is 7.62. The normalized spacial score (nSPS) is 18.7. The van der Waals surface area contributed by atoms with Crippen LogP contribution < -0.4 is 5.01 Å². The maximum atomic E-state index is 13.1. The molecule has 1 saturated heterocycles. The van der Waals surface area contributed by atoms with Crippen molar-refractivity contribution < 1.29 is 4.39 Å². The van der Waals surface area contributed by atoms with Gasteiger partial charge in [-0.3, -0.25) is 10.0 Å². The van der Waals surface area contributed by atoms with E-state index in [4.69, 9.17) is 0 Å². The number of nitrogens with zero attached hydrogens (tertiary/aromatic N) is 4. The van der Waals surface area contributed by atoms with Gasteiger partial charge in [-0.15, -0.1) is 0 Å². The number of benzene rings is 1. The molecule has 4 rings (SSSR count). The van der Waals surface area contributed by atoms with Crippen molar-refractivity contribution in [2.75, 3.05) is 11.6 Å². The van der Waals surface area contributed by atoms with Crippen LogP contribution in [0.3, 0.4) is 0 Å². The van der Waals surface area contributed by atoms with E-state index in [1.54, 1.807) is 24.5 Å². The standard InChI is InChI=1S/C18H15FN4/c19-16-4-1-3-14(11-16)6-7-15-12-20-18(21-13-15)23-10-8-17-5-2-9-22(17)23/h1-4,9,11-13,17H,5,8,10H2. The third-order valence-electron chi connectivity index (χ3n) is 4.04. The van der Waals surface area contributed by atoms with Gasteiger partial charge in [0.2, 0.25) is 5.95 Å². The molecule has 2 aliphatic rings. The first-order chi connectivity index (χ1) is 11.3. The lowest BCUT2D eigenvalue weighted by Crippen LogP contribution is -2.35. The van der Waals surface area contributed by atoms with E-state index in [1.165, 1.54) is 12.1 Å². The Bertz CT molecular complexity index is 804. The molecule has 2 aromatic rings. The van der Waals surface area contributed by atoms with Gasteiger partial charge in [0.05, 0.1) is 11.6 Å². The van der Waals surface area contributed by atoms with Gasteiger partial charge in [-0.1, -0.05) is 24.0 Å². The van der Waals surface area contributed by atoms with E-state index in [0.717, 1.165) is 19.4 Å². The lowest BCUT2D eigenvalue weighted by atomic mass is 10.2. The van der Waals surface area contributed by atoms with Crippen molar-refractivity contribution in [3.05, 3.63) is 65.9 Å². The fourth-order valence-electron chi connectivity index (χ4n) is 2.90. The summed E-state index contributed by atoms with van der Waals surface area (Å²) in [5.41, 5.74) is 1.35. The minimum atomic E-state index is -0.286. The van der Waals surface area contributed by atoms with Crippen molar-refractivity contribution in [3.63, 3.8) is 0 Å². The summed E-state index contributed by atoms with van der Waals surface area (Å²) in [6, 6.07) is 6.78. The highest BCUT2D eigenvalue weighted by molar-refractivity contribution is 5.42. The van der Waals surface area contributed by atoms with Gasteiger partial charge in [-0.25, -0.2) is 14.4 Å². The zero-order chi connectivity index (χ0) is 15.6. The van der Waals surface area contributed by atoms with Crippen molar-refractivity contribution in [1.82, 2.24) is 15.0 Å². The lowest BCUT2D eigenvalue weighted by molar-refractivity contribution is 0.347. The van der Waals surface area contributed by atoms with Crippen molar-refractivity contribution >= 4 is 5.95 Å². The molecule has 0 bridgehead atoms. The van der Waals surface area contributed by atoms with Crippen LogP contribution in [0.25, 0.3) is 0 Å². The van der Waals surface area contributed by atoms with Crippen molar-refractivity contribution in [3.8, 4) is 11.8 Å². The molecule has 2 aliphatic heterocycles. The van der Waals surface area contributed by atoms with Gasteiger partial charge >= 0.3 is 0 Å². The Morgan fingerprint density at radius 2 is 1.96 bits per heavy atom. The Morgan fingerprint density at radius 3 is 2.78 bits per heavy atom. The minimum Gasteiger partial charge on any atom is -0.287 e. The number of halogens is 1. The van der Waals surface area contributed by atoms with Crippen LogP contribution in [-0.2, 0) is 0 Å². The molecule has 3 heterocycles. The predicted molar refractivity (Wildman–Crippen MR) is 85.8 cm³/mol. The monoisotopic (exact) mass is 306 g/mol. The first-order valence-corrected chi connectivity index (χ1v) is 7.62. The quantitative estimate of drug-likeness (QED) is 0.758. The van der Waals surface area contributed by atoms with Crippen LogP contribution in [0.15, 0.2) is 48.9 Å². The van der Waals surface area contributed by atoms with E-state index in [0.29, 0.717) is 23.1 Å². The molecule has 0 N–H and O–H groups in total. The highest BCUT2D eigenvalue weighted by atomic mass is 19.1. The van der Waals surface area contributed by atoms with Crippen molar-refractivity contribution in [1.29, 1.82) is 0 Å². The molecular formula is C18H15FN4. The largest absolute Gasteiger partial charge is 0.287 e. The van der Waals surface area contributed by atoms with Crippen LogP contribution in [0.4, 0.5) is 10.3 Å². The van der Waals surface area contributed by atoms with Gasteiger partial charge in [-0.2, -0.15) is 0 Å². The summed E-state index contributed by atoms with van der Waals surface area (Å²) >= 11 is 0. The second-order valence-electron chi connectivity index (χ2n) is 5.60. The summed E-state index contributed by atoms with van der Waals surface area (Å²) in [4.78, 5) is 8.83. The summed E-state index contributed by atoms with van der Waals surface area (Å²) in [6.45, 7) is 0.934. The predicted octanol–water partition coefficient (Wildman–Crippen LogP) is 2.73. The Balaban J connectivity index is 1.52. The summed E-state index contributed by atoms with van der Waals surface area (Å²) < 4.78 is 13.1. The molecule has 1 aromatic carbocycles. The number of rotatable bonds is 1. The molecule has 0 spiro atoms. The molecule has 0 amide bonds. The summed E-state index contributed by atoms with van der Waals surface area (Å²) in [7, 11) is 0. The number of fused-ring (bicyclic) bond motifs is 1. The van der Waals surface area contributed by atoms with E-state index < -0.39 is 0 Å². The van der Waals surface area contributed by atoms with E-state index in [1.807, 2.05) is 0 Å². The average molecular weight is 306 g/mol. The first kappa shape index (κ1) is 13.8. The highest BCUT2D eigenvalue weighted by Gasteiger charge is 2.32. The van der Waals surface area contributed by atoms with Crippen molar-refractivity contribution in [2.45, 2.75) is 18.9 Å². The Morgan fingerprint density at radius 1 is 1.13 bits per heavy atom. The van der Waals surface area contributed by atoms with E-state index in [2.05, 4.69) is 44.1 Å². The fraction of sp³-hybridized carbons (Fsp3) is 0.222. The SMILES string of the molecule is Fc1cccc(C#Cc2cnc(N3CCC4CC=CN43)nc2)c1. The lowest BCUT2D eigenvalue weighted by Gasteiger charge is -2.27. The van der Waals surface area contributed by atoms with E-state index >= 15 is 0 Å². The molecule has 0 aliphatic carbocycles. The highest BCUT2D eigenvalue weighted by Crippen LogP contribution is 2.29. The number of hydrazine groups is 1. The van der Waals surface area contributed by atoms with Crippen molar-refractivity contribution in [2.24, 2.45) is 0 Å². The summed E-state index contributed by atoms with van der Waals surface area (Å²) in [6.07, 6.45) is 9.91. The molecule has 1 atom stereocenters. The van der Waals surface area contributed by atoms with Crippen LogP contribution in [0.5, 0.6) is 0 Å². The van der Waals surface area contributed by atoms with Gasteiger partial charge in [-0.05, 0) is 31.0 Å². The van der Waals surface area contributed by atoms with Crippen LogP contribution in [0, 0.1) is 17.7 Å². The summed E-state index contributed by atoms with van der Waals surface area (Å²) in [5, 5.41) is 4.30. The fourth-order valence-corrected chi connectivity index (χ4v) is 2.90. The molecular weight excluding hydrogens is 291 g/mol. The average Bonchev–Trinajstić information content (AvgIpc) is 3.17. The van der Waals surface area contributed by atoms with Crippen LogP contribution in [0.1, 0.15) is 24.0 Å². The zero-order valence-electron chi connectivity index (χ0n) is 12.5. The molecule has 1 unspecified atom stereocenters. The Kier molecular flexibility index (Phi) is 3.43.